The topological polar surface area (TPSA) is 21.3 Å². The van der Waals surface area contributed by atoms with Gasteiger partial charge in [-0.2, -0.15) is 0 Å². The third-order valence-electron chi connectivity index (χ3n) is 3.56. The Kier molecular flexibility index (Phi) is 5.62. The van der Waals surface area contributed by atoms with Crippen LogP contribution in [-0.2, 0) is 4.74 Å². The molecule has 1 aliphatic heterocycles. The largest absolute Gasteiger partial charge is 0.376 e. The predicted molar refractivity (Wildman–Crippen MR) is 65.1 cm³/mol. The van der Waals surface area contributed by atoms with Gasteiger partial charge in [0.2, 0.25) is 0 Å². The van der Waals surface area contributed by atoms with Gasteiger partial charge in [0.05, 0.1) is 6.10 Å². The van der Waals surface area contributed by atoms with Crippen molar-refractivity contribution in [2.24, 2.45) is 5.92 Å². The first kappa shape index (κ1) is 13.0. The van der Waals surface area contributed by atoms with Crippen molar-refractivity contribution in [3.63, 3.8) is 0 Å². The van der Waals surface area contributed by atoms with Crippen LogP contribution in [0, 0.1) is 5.92 Å². The van der Waals surface area contributed by atoms with Crippen LogP contribution in [0.3, 0.4) is 0 Å². The van der Waals surface area contributed by atoms with Gasteiger partial charge >= 0.3 is 0 Å². The summed E-state index contributed by atoms with van der Waals surface area (Å²) in [6.07, 6.45) is 5.31. The van der Waals surface area contributed by atoms with Gasteiger partial charge in [0.25, 0.3) is 0 Å². The molecule has 1 saturated heterocycles. The van der Waals surface area contributed by atoms with Crippen molar-refractivity contribution in [2.75, 3.05) is 6.61 Å². The van der Waals surface area contributed by atoms with Crippen molar-refractivity contribution in [3.8, 4) is 0 Å². The van der Waals surface area contributed by atoms with Crippen molar-refractivity contribution in [3.05, 3.63) is 0 Å². The fourth-order valence-electron chi connectivity index (χ4n) is 2.16. The van der Waals surface area contributed by atoms with E-state index in [9.17, 15) is 0 Å². The summed E-state index contributed by atoms with van der Waals surface area (Å²) in [7, 11) is 0. The molecule has 0 aliphatic carbocycles. The zero-order chi connectivity index (χ0) is 11.3. The third kappa shape index (κ3) is 4.12. The van der Waals surface area contributed by atoms with E-state index in [1.165, 1.54) is 25.7 Å². The molecule has 1 N–H and O–H groups in total. The molecular weight excluding hydrogens is 186 g/mol. The predicted octanol–water partition coefficient (Wildman–Crippen LogP) is 2.97. The summed E-state index contributed by atoms with van der Waals surface area (Å²) < 4.78 is 6.02. The lowest BCUT2D eigenvalue weighted by atomic mass is 9.94. The minimum absolute atomic E-state index is 0.445. The maximum absolute atomic E-state index is 6.02. The van der Waals surface area contributed by atoms with E-state index in [-0.39, 0.29) is 0 Å². The Labute approximate surface area is 94.8 Å². The van der Waals surface area contributed by atoms with E-state index in [1.54, 1.807) is 0 Å². The van der Waals surface area contributed by atoms with E-state index in [0.717, 1.165) is 6.61 Å². The van der Waals surface area contributed by atoms with E-state index in [0.29, 0.717) is 24.1 Å². The maximum Gasteiger partial charge on any atom is 0.0728 e. The minimum atomic E-state index is 0.445. The van der Waals surface area contributed by atoms with E-state index >= 15 is 0 Å². The quantitative estimate of drug-likeness (QED) is 0.758. The second-order valence-electron chi connectivity index (χ2n) is 5.05. The molecule has 1 heterocycles. The number of ether oxygens (including phenoxy) is 1. The molecule has 0 bridgehead atoms. The Morgan fingerprint density at radius 3 is 2.67 bits per heavy atom. The van der Waals surface area contributed by atoms with Gasteiger partial charge in [-0.25, -0.2) is 0 Å². The summed E-state index contributed by atoms with van der Waals surface area (Å²) in [5.41, 5.74) is 0. The summed E-state index contributed by atoms with van der Waals surface area (Å²) in [6.45, 7) is 9.93. The molecule has 1 rings (SSSR count). The summed E-state index contributed by atoms with van der Waals surface area (Å²) in [5.74, 6) is 0.696. The van der Waals surface area contributed by atoms with Gasteiger partial charge in [-0.15, -0.1) is 0 Å². The summed E-state index contributed by atoms with van der Waals surface area (Å²) in [5, 5.41) is 3.63. The maximum atomic E-state index is 6.02. The Balaban J connectivity index is 2.32. The molecule has 1 aliphatic rings. The molecule has 0 radical (unpaired) electrons. The SMILES string of the molecule is CCC(C)COC1CCC(C)NC1CC. The molecule has 0 saturated carbocycles. The second-order valence-corrected chi connectivity index (χ2v) is 5.05. The van der Waals surface area contributed by atoms with E-state index < -0.39 is 0 Å². The molecule has 0 aromatic carbocycles. The van der Waals surface area contributed by atoms with E-state index in [1.807, 2.05) is 0 Å². The number of nitrogens with one attached hydrogen (secondary N) is 1. The number of hydrogen-bond donors (Lipinski definition) is 1. The van der Waals surface area contributed by atoms with Crippen LogP contribution in [0.2, 0.25) is 0 Å². The van der Waals surface area contributed by atoms with Crippen LogP contribution >= 0.6 is 0 Å². The van der Waals surface area contributed by atoms with Gasteiger partial charge in [0.15, 0.2) is 0 Å². The highest BCUT2D eigenvalue weighted by Crippen LogP contribution is 2.19. The standard InChI is InChI=1S/C13H27NO/c1-5-10(3)9-15-13-8-7-11(4)14-12(13)6-2/h10-14H,5-9H2,1-4H3. The zero-order valence-corrected chi connectivity index (χ0v) is 10.8. The first-order chi connectivity index (χ1) is 7.17. The molecule has 2 heteroatoms. The van der Waals surface area contributed by atoms with Crippen LogP contribution in [0.25, 0.3) is 0 Å². The third-order valence-corrected chi connectivity index (χ3v) is 3.56. The van der Waals surface area contributed by atoms with E-state index in [2.05, 4.69) is 33.0 Å². The highest BCUT2D eigenvalue weighted by atomic mass is 16.5. The average Bonchev–Trinajstić information content (AvgIpc) is 2.26. The Hall–Kier alpha value is -0.0800. The van der Waals surface area contributed by atoms with Crippen LogP contribution in [0.4, 0.5) is 0 Å². The van der Waals surface area contributed by atoms with Crippen molar-refractivity contribution in [1.29, 1.82) is 0 Å². The van der Waals surface area contributed by atoms with Gasteiger partial charge in [-0.3, -0.25) is 0 Å². The minimum Gasteiger partial charge on any atom is -0.376 e. The molecule has 4 unspecified atom stereocenters. The van der Waals surface area contributed by atoms with Gasteiger partial charge in [-0.05, 0) is 32.1 Å². The normalized spacial score (nSPS) is 34.0. The molecule has 4 atom stereocenters. The lowest BCUT2D eigenvalue weighted by molar-refractivity contribution is -0.0152. The van der Waals surface area contributed by atoms with Crippen LogP contribution in [-0.4, -0.2) is 24.8 Å². The highest BCUT2D eigenvalue weighted by molar-refractivity contribution is 4.85. The number of rotatable bonds is 5. The Morgan fingerprint density at radius 2 is 2.07 bits per heavy atom. The highest BCUT2D eigenvalue weighted by Gasteiger charge is 2.27. The fraction of sp³-hybridized carbons (Fsp3) is 1.00. The van der Waals surface area contributed by atoms with Crippen molar-refractivity contribution >= 4 is 0 Å². The average molecular weight is 213 g/mol. The summed E-state index contributed by atoms with van der Waals surface area (Å²) in [4.78, 5) is 0. The van der Waals surface area contributed by atoms with Crippen LogP contribution < -0.4 is 5.32 Å². The van der Waals surface area contributed by atoms with Crippen LogP contribution in [0.1, 0.15) is 53.4 Å². The molecule has 0 amide bonds. The molecule has 15 heavy (non-hydrogen) atoms. The first-order valence-electron chi connectivity index (χ1n) is 6.55. The Bertz CT molecular complexity index is 172. The van der Waals surface area contributed by atoms with Crippen LogP contribution in [0.15, 0.2) is 0 Å². The van der Waals surface area contributed by atoms with Gasteiger partial charge in [0, 0.05) is 18.7 Å². The number of hydrogen-bond acceptors (Lipinski definition) is 2. The van der Waals surface area contributed by atoms with Crippen LogP contribution in [0.5, 0.6) is 0 Å². The molecule has 90 valence electrons. The fourth-order valence-corrected chi connectivity index (χ4v) is 2.16. The van der Waals surface area contributed by atoms with Gasteiger partial charge < -0.3 is 10.1 Å². The lowest BCUT2D eigenvalue weighted by Gasteiger charge is -2.36. The van der Waals surface area contributed by atoms with Crippen molar-refractivity contribution in [2.45, 2.75) is 71.6 Å². The molecule has 0 aromatic heterocycles. The molecular formula is C13H27NO. The Morgan fingerprint density at radius 1 is 1.33 bits per heavy atom. The lowest BCUT2D eigenvalue weighted by Crippen LogP contribution is -2.50. The van der Waals surface area contributed by atoms with Gasteiger partial charge in [0.1, 0.15) is 0 Å². The van der Waals surface area contributed by atoms with E-state index in [4.69, 9.17) is 4.74 Å². The zero-order valence-electron chi connectivity index (χ0n) is 10.8. The molecule has 2 nitrogen and oxygen atoms in total. The molecule has 0 aromatic rings. The summed E-state index contributed by atoms with van der Waals surface area (Å²) >= 11 is 0. The summed E-state index contributed by atoms with van der Waals surface area (Å²) in [6, 6.07) is 1.23. The monoisotopic (exact) mass is 213 g/mol. The van der Waals surface area contributed by atoms with Gasteiger partial charge in [-0.1, -0.05) is 27.2 Å². The second kappa shape index (κ2) is 6.49. The first-order valence-corrected chi connectivity index (χ1v) is 6.55. The number of piperidine rings is 1. The molecule has 0 spiro atoms. The van der Waals surface area contributed by atoms with Crippen molar-refractivity contribution < 1.29 is 4.74 Å². The van der Waals surface area contributed by atoms with Crippen molar-refractivity contribution in [1.82, 2.24) is 5.32 Å². The smallest absolute Gasteiger partial charge is 0.0728 e. The molecule has 1 fully saturated rings.